The fourth-order valence-corrected chi connectivity index (χ4v) is 2.59. The third kappa shape index (κ3) is 4.27. The summed E-state index contributed by atoms with van der Waals surface area (Å²) in [6.45, 7) is 0. The van der Waals surface area contributed by atoms with E-state index >= 15 is 0 Å². The van der Waals surface area contributed by atoms with E-state index in [9.17, 15) is 14.9 Å². The molecule has 0 fully saturated rings. The van der Waals surface area contributed by atoms with Gasteiger partial charge in [0.1, 0.15) is 6.33 Å². The quantitative estimate of drug-likeness (QED) is 0.405. The summed E-state index contributed by atoms with van der Waals surface area (Å²) in [5, 5.41) is 14.8. The van der Waals surface area contributed by atoms with Crippen LogP contribution in [-0.2, 0) is 0 Å². The molecule has 0 aliphatic carbocycles. The number of nitrogens with one attached hydrogen (secondary N) is 3. The van der Waals surface area contributed by atoms with Crippen LogP contribution in [0.25, 0.3) is 0 Å². The van der Waals surface area contributed by atoms with Crippen molar-refractivity contribution in [1.82, 2.24) is 15.4 Å². The van der Waals surface area contributed by atoms with Crippen LogP contribution in [0.15, 0.2) is 54.9 Å². The molecule has 0 unspecified atom stereocenters. The Labute approximate surface area is 168 Å². The van der Waals surface area contributed by atoms with Crippen LogP contribution in [0.5, 0.6) is 0 Å². The Balaban J connectivity index is 1.86. The number of carbonyl (C=O) groups is 1. The van der Waals surface area contributed by atoms with Gasteiger partial charge in [0.15, 0.2) is 0 Å². The minimum Gasteiger partial charge on any atom is -0.333 e. The molecule has 11 heteroatoms. The minimum absolute atomic E-state index is 0.124. The van der Waals surface area contributed by atoms with Gasteiger partial charge in [0, 0.05) is 5.56 Å². The third-order valence-corrected chi connectivity index (χ3v) is 4.36. The van der Waals surface area contributed by atoms with Crippen molar-refractivity contribution in [2.24, 2.45) is 0 Å². The average Bonchev–Trinajstić information content (AvgIpc) is 2.70. The average molecular weight is 419 g/mol. The van der Waals surface area contributed by atoms with Crippen molar-refractivity contribution in [3.05, 3.63) is 80.6 Å². The molecule has 3 rings (SSSR count). The maximum absolute atomic E-state index is 12.1. The molecule has 9 nitrogen and oxygen atoms in total. The summed E-state index contributed by atoms with van der Waals surface area (Å²) in [6, 6.07) is 13.1. The Bertz CT molecular complexity index is 1030. The highest BCUT2D eigenvalue weighted by Crippen LogP contribution is 2.35. The van der Waals surface area contributed by atoms with Gasteiger partial charge in [-0.25, -0.2) is 9.97 Å². The summed E-state index contributed by atoms with van der Waals surface area (Å²) >= 11 is 12.1. The van der Waals surface area contributed by atoms with E-state index in [1.165, 1.54) is 0 Å². The molecule has 0 saturated heterocycles. The monoisotopic (exact) mass is 418 g/mol. The van der Waals surface area contributed by atoms with E-state index in [-0.39, 0.29) is 21.7 Å². The smallest absolute Gasteiger partial charge is 0.333 e. The summed E-state index contributed by atoms with van der Waals surface area (Å²) < 4.78 is 0. The molecule has 0 aliphatic rings. The lowest BCUT2D eigenvalue weighted by atomic mass is 10.2. The fourth-order valence-electron chi connectivity index (χ4n) is 2.24. The number of benzene rings is 2. The molecule has 28 heavy (non-hydrogen) atoms. The molecule has 1 amide bonds. The van der Waals surface area contributed by atoms with Crippen LogP contribution in [0.4, 0.5) is 23.0 Å². The van der Waals surface area contributed by atoms with E-state index in [1.807, 2.05) is 0 Å². The first kappa shape index (κ1) is 19.3. The van der Waals surface area contributed by atoms with Crippen molar-refractivity contribution >= 4 is 52.1 Å². The van der Waals surface area contributed by atoms with Crippen molar-refractivity contribution in [3.63, 3.8) is 0 Å². The number of halogens is 2. The van der Waals surface area contributed by atoms with Gasteiger partial charge in [0.2, 0.25) is 11.6 Å². The topological polar surface area (TPSA) is 122 Å². The number of nitro groups is 1. The molecule has 0 atom stereocenters. The van der Waals surface area contributed by atoms with E-state index in [0.29, 0.717) is 11.3 Å². The first-order valence-electron chi connectivity index (χ1n) is 7.79. The number of carbonyl (C=O) groups excluding carboxylic acids is 1. The molecule has 142 valence electrons. The number of hydrogen-bond acceptors (Lipinski definition) is 7. The van der Waals surface area contributed by atoms with Crippen molar-refractivity contribution in [3.8, 4) is 0 Å². The zero-order valence-corrected chi connectivity index (χ0v) is 15.5. The Morgan fingerprint density at radius 2 is 1.71 bits per heavy atom. The normalized spacial score (nSPS) is 10.2. The number of anilines is 3. The van der Waals surface area contributed by atoms with Gasteiger partial charge in [-0.15, -0.1) is 0 Å². The highest BCUT2D eigenvalue weighted by atomic mass is 35.5. The molecule has 1 aromatic heterocycles. The number of amides is 1. The van der Waals surface area contributed by atoms with Gasteiger partial charge >= 0.3 is 5.69 Å². The SMILES string of the molecule is O=C(NNc1ncnc(Nc2cccc(Cl)c2Cl)c1[N+](=O)[O-])c1ccccc1. The van der Waals surface area contributed by atoms with Gasteiger partial charge in [-0.05, 0) is 24.3 Å². The second kappa shape index (κ2) is 8.51. The summed E-state index contributed by atoms with van der Waals surface area (Å²) in [4.78, 5) is 30.7. The number of hydrazine groups is 1. The summed E-state index contributed by atoms with van der Waals surface area (Å²) in [7, 11) is 0. The predicted octanol–water partition coefficient (Wildman–Crippen LogP) is 4.19. The van der Waals surface area contributed by atoms with Crippen molar-refractivity contribution in [2.75, 3.05) is 10.7 Å². The number of rotatable bonds is 6. The second-order valence-corrected chi connectivity index (χ2v) is 6.13. The Morgan fingerprint density at radius 1 is 1.00 bits per heavy atom. The molecule has 3 aromatic rings. The van der Waals surface area contributed by atoms with Gasteiger partial charge in [-0.2, -0.15) is 0 Å². The van der Waals surface area contributed by atoms with Crippen molar-refractivity contribution < 1.29 is 9.72 Å². The van der Waals surface area contributed by atoms with Crippen LogP contribution < -0.4 is 16.2 Å². The lowest BCUT2D eigenvalue weighted by molar-refractivity contribution is -0.383. The first-order chi connectivity index (χ1) is 13.5. The summed E-state index contributed by atoms with van der Waals surface area (Å²) in [6.07, 6.45) is 1.10. The van der Waals surface area contributed by atoms with E-state index in [0.717, 1.165) is 6.33 Å². The van der Waals surface area contributed by atoms with Gasteiger partial charge in [0.25, 0.3) is 5.91 Å². The highest BCUT2D eigenvalue weighted by Gasteiger charge is 2.24. The van der Waals surface area contributed by atoms with Crippen LogP contribution in [0.1, 0.15) is 10.4 Å². The minimum atomic E-state index is -0.683. The molecule has 0 radical (unpaired) electrons. The third-order valence-electron chi connectivity index (χ3n) is 3.54. The molecule has 0 spiro atoms. The van der Waals surface area contributed by atoms with Crippen molar-refractivity contribution in [1.29, 1.82) is 0 Å². The van der Waals surface area contributed by atoms with Crippen molar-refractivity contribution in [2.45, 2.75) is 0 Å². The lowest BCUT2D eigenvalue weighted by Crippen LogP contribution is -2.30. The summed E-state index contributed by atoms with van der Waals surface area (Å²) in [5.74, 6) is -0.813. The Kier molecular flexibility index (Phi) is 5.87. The van der Waals surface area contributed by atoms with Gasteiger partial charge in [0.05, 0.1) is 20.7 Å². The molecule has 0 bridgehead atoms. The maximum atomic E-state index is 12.1. The first-order valence-corrected chi connectivity index (χ1v) is 8.55. The van der Waals surface area contributed by atoms with Crippen LogP contribution in [-0.4, -0.2) is 20.8 Å². The van der Waals surface area contributed by atoms with Gasteiger partial charge in [-0.1, -0.05) is 47.5 Å². The summed E-state index contributed by atoms with van der Waals surface area (Å²) in [5.41, 5.74) is 5.04. The van der Waals surface area contributed by atoms with E-state index in [1.54, 1.807) is 48.5 Å². The molecule has 0 saturated carbocycles. The number of nitrogens with zero attached hydrogens (tertiary/aromatic N) is 3. The fraction of sp³-hybridized carbons (Fsp3) is 0. The van der Waals surface area contributed by atoms with E-state index < -0.39 is 16.5 Å². The largest absolute Gasteiger partial charge is 0.355 e. The van der Waals surface area contributed by atoms with Gasteiger partial charge in [-0.3, -0.25) is 25.8 Å². The van der Waals surface area contributed by atoms with Gasteiger partial charge < -0.3 is 5.32 Å². The predicted molar refractivity (Wildman–Crippen MR) is 106 cm³/mol. The lowest BCUT2D eigenvalue weighted by Gasteiger charge is -2.12. The Morgan fingerprint density at radius 3 is 2.43 bits per heavy atom. The number of hydrogen-bond donors (Lipinski definition) is 3. The van der Waals surface area contributed by atoms with Crippen LogP contribution >= 0.6 is 23.2 Å². The van der Waals surface area contributed by atoms with E-state index in [4.69, 9.17) is 23.2 Å². The molecule has 3 N–H and O–H groups in total. The maximum Gasteiger partial charge on any atom is 0.355 e. The standard InChI is InChI=1S/C17H12Cl2N6O3/c18-11-7-4-8-12(13(11)19)22-15-14(25(27)28)16(21-9-20-15)23-24-17(26)10-5-2-1-3-6-10/h1-9H,(H,24,26)(H2,20,21,22,23). The highest BCUT2D eigenvalue weighted by molar-refractivity contribution is 6.43. The zero-order valence-electron chi connectivity index (χ0n) is 14.0. The van der Waals surface area contributed by atoms with Crippen LogP contribution in [0.2, 0.25) is 10.0 Å². The second-order valence-electron chi connectivity index (χ2n) is 5.35. The molecular weight excluding hydrogens is 407 g/mol. The number of aromatic nitrogens is 2. The molecule has 0 aliphatic heterocycles. The van der Waals surface area contributed by atoms with Crippen LogP contribution in [0.3, 0.4) is 0 Å². The Hall–Kier alpha value is -3.43. The van der Waals surface area contributed by atoms with E-state index in [2.05, 4.69) is 26.1 Å². The zero-order chi connectivity index (χ0) is 20.1. The molecule has 2 aromatic carbocycles. The molecular formula is C17H12Cl2N6O3. The van der Waals surface area contributed by atoms with Crippen LogP contribution in [0, 0.1) is 10.1 Å². The molecule has 1 heterocycles.